The Kier molecular flexibility index (Phi) is 4.64. The van der Waals surface area contributed by atoms with Gasteiger partial charge in [0.2, 0.25) is 6.54 Å². The molecule has 6 heteroatoms. The normalized spacial score (nSPS) is 53.1. The van der Waals surface area contributed by atoms with Crippen molar-refractivity contribution in [1.82, 2.24) is 0 Å². The monoisotopic (exact) mass is 381 g/mol. The molecule has 9 atom stereocenters. The lowest BCUT2D eigenvalue weighted by Gasteiger charge is -2.63. The molecule has 0 spiro atoms. The van der Waals surface area contributed by atoms with Gasteiger partial charge >= 0.3 is 0 Å². The van der Waals surface area contributed by atoms with Gasteiger partial charge in [-0.25, -0.2) is 0 Å². The van der Waals surface area contributed by atoms with E-state index in [9.17, 15) is 25.4 Å². The van der Waals surface area contributed by atoms with Crippen LogP contribution in [0.3, 0.4) is 0 Å². The number of hydrogen-bond donors (Lipinski definition) is 3. The smallest absolute Gasteiger partial charge is 0.229 e. The van der Waals surface area contributed by atoms with Crippen molar-refractivity contribution in [2.45, 2.75) is 89.4 Å². The van der Waals surface area contributed by atoms with Crippen LogP contribution in [0.15, 0.2) is 0 Å². The third-order valence-electron chi connectivity index (χ3n) is 9.70. The fourth-order valence-electron chi connectivity index (χ4n) is 8.14. The van der Waals surface area contributed by atoms with E-state index in [-0.39, 0.29) is 23.4 Å². The maximum atomic E-state index is 11.9. The van der Waals surface area contributed by atoms with E-state index in [0.717, 1.165) is 44.9 Å². The molecule has 4 aliphatic rings. The molecule has 4 aliphatic carbocycles. The van der Waals surface area contributed by atoms with Crippen LogP contribution in [0.25, 0.3) is 0 Å². The number of nitrogens with zero attached hydrogens (tertiary/aromatic N) is 1. The molecule has 1 unspecified atom stereocenters. The van der Waals surface area contributed by atoms with Crippen LogP contribution in [-0.4, -0.2) is 44.6 Å². The molecular formula is C21H35NO5. The van der Waals surface area contributed by atoms with Crippen LogP contribution in [0.2, 0.25) is 0 Å². The Hall–Kier alpha value is -0.720. The second-order valence-corrected chi connectivity index (χ2v) is 10.5. The average molecular weight is 382 g/mol. The van der Waals surface area contributed by atoms with Gasteiger partial charge in [0.05, 0.1) is 11.7 Å². The van der Waals surface area contributed by atoms with Crippen LogP contribution < -0.4 is 0 Å². The third kappa shape index (κ3) is 2.70. The molecule has 0 saturated heterocycles. The topological polar surface area (TPSA) is 104 Å². The molecule has 0 amide bonds. The molecule has 0 radical (unpaired) electrons. The zero-order valence-electron chi connectivity index (χ0n) is 16.6. The van der Waals surface area contributed by atoms with Crippen molar-refractivity contribution in [2.24, 2.45) is 34.5 Å². The summed E-state index contributed by atoms with van der Waals surface area (Å²) in [5, 5.41) is 43.5. The van der Waals surface area contributed by atoms with Gasteiger partial charge in [-0.1, -0.05) is 13.8 Å². The van der Waals surface area contributed by atoms with E-state index in [2.05, 4.69) is 13.8 Å². The first-order valence-electron chi connectivity index (χ1n) is 10.8. The molecular weight excluding hydrogens is 346 g/mol. The molecule has 0 aromatic carbocycles. The van der Waals surface area contributed by atoms with Crippen molar-refractivity contribution < 1.29 is 20.2 Å². The summed E-state index contributed by atoms with van der Waals surface area (Å²) in [6.45, 7) is 4.02. The second kappa shape index (κ2) is 6.39. The molecule has 0 aliphatic heterocycles. The lowest BCUT2D eigenvalue weighted by Crippen LogP contribution is -2.63. The van der Waals surface area contributed by atoms with Crippen LogP contribution >= 0.6 is 0 Å². The number of nitro groups is 1. The van der Waals surface area contributed by atoms with Gasteiger partial charge in [0.15, 0.2) is 0 Å². The summed E-state index contributed by atoms with van der Waals surface area (Å²) in [6, 6.07) is 0. The third-order valence-corrected chi connectivity index (χ3v) is 9.70. The van der Waals surface area contributed by atoms with Gasteiger partial charge in [0, 0.05) is 10.3 Å². The minimum Gasteiger partial charge on any atom is -0.393 e. The van der Waals surface area contributed by atoms with Gasteiger partial charge in [0.25, 0.3) is 0 Å². The molecule has 4 fully saturated rings. The van der Waals surface area contributed by atoms with Crippen LogP contribution in [-0.2, 0) is 0 Å². The van der Waals surface area contributed by atoms with Crippen LogP contribution in [0.4, 0.5) is 0 Å². The van der Waals surface area contributed by atoms with E-state index in [4.69, 9.17) is 0 Å². The van der Waals surface area contributed by atoms with Gasteiger partial charge in [-0.3, -0.25) is 10.1 Å². The molecule has 6 nitrogen and oxygen atoms in total. The Morgan fingerprint density at radius 3 is 2.52 bits per heavy atom. The average Bonchev–Trinajstić information content (AvgIpc) is 2.87. The molecule has 27 heavy (non-hydrogen) atoms. The van der Waals surface area contributed by atoms with Crippen LogP contribution in [0.1, 0.15) is 71.6 Å². The van der Waals surface area contributed by atoms with Crippen molar-refractivity contribution in [3.05, 3.63) is 10.1 Å². The van der Waals surface area contributed by atoms with E-state index < -0.39 is 28.6 Å². The summed E-state index contributed by atoms with van der Waals surface area (Å²) >= 11 is 0. The number of aliphatic hydroxyl groups is 3. The van der Waals surface area contributed by atoms with Crippen molar-refractivity contribution in [3.8, 4) is 0 Å². The molecule has 3 N–H and O–H groups in total. The lowest BCUT2D eigenvalue weighted by molar-refractivity contribution is -0.493. The predicted octanol–water partition coefficient (Wildman–Crippen LogP) is 2.76. The standard InChI is InChI=1S/C21H35NO5/c1-19-8-5-14(23)11-13(19)3-4-16-15(19)6-9-20(2)17(7-10-21(16,20)25)18(24)12-22(26)27/h13-18,23-25H,3-12H2,1-2H3/t13-,14+,15+,16-,17-,18?,19+,20-,21+/m1/s1. The largest absolute Gasteiger partial charge is 0.393 e. The Bertz CT molecular complexity index is 613. The van der Waals surface area contributed by atoms with E-state index in [1.807, 2.05) is 0 Å². The summed E-state index contributed by atoms with van der Waals surface area (Å²) in [4.78, 5) is 10.5. The highest BCUT2D eigenvalue weighted by atomic mass is 16.6. The van der Waals surface area contributed by atoms with Crippen LogP contribution in [0, 0.1) is 44.6 Å². The quantitative estimate of drug-likeness (QED) is 0.515. The van der Waals surface area contributed by atoms with Gasteiger partial charge in [-0.05, 0) is 86.9 Å². The Morgan fingerprint density at radius 1 is 1.07 bits per heavy atom. The molecule has 154 valence electrons. The van der Waals surface area contributed by atoms with Crippen molar-refractivity contribution in [2.75, 3.05) is 6.54 Å². The van der Waals surface area contributed by atoms with Gasteiger partial charge in [-0.2, -0.15) is 0 Å². The molecule has 4 saturated carbocycles. The minimum atomic E-state index is -0.979. The summed E-state index contributed by atoms with van der Waals surface area (Å²) in [5.41, 5.74) is -1.10. The zero-order chi connectivity index (χ0) is 19.6. The van der Waals surface area contributed by atoms with Gasteiger partial charge in [0.1, 0.15) is 6.10 Å². The van der Waals surface area contributed by atoms with Crippen molar-refractivity contribution >= 4 is 0 Å². The number of aliphatic hydroxyl groups excluding tert-OH is 2. The van der Waals surface area contributed by atoms with E-state index in [1.165, 1.54) is 0 Å². The Balaban J connectivity index is 1.61. The fraction of sp³-hybridized carbons (Fsp3) is 1.00. The van der Waals surface area contributed by atoms with E-state index in [0.29, 0.717) is 24.7 Å². The first kappa shape index (κ1) is 19.6. The summed E-state index contributed by atoms with van der Waals surface area (Å²) in [7, 11) is 0. The fourth-order valence-corrected chi connectivity index (χ4v) is 8.14. The summed E-state index contributed by atoms with van der Waals surface area (Å²) in [6.07, 6.45) is 6.81. The molecule has 4 rings (SSSR count). The maximum absolute atomic E-state index is 11.9. The highest BCUT2D eigenvalue weighted by molar-refractivity contribution is 5.17. The SMILES string of the molecule is C[C@]12CC[C@H](O)C[C@H]1CC[C@@H]1[C@@H]2CC[C@]2(C)[C@@H](C(O)C[N+](=O)[O-])CC[C@]12O. The molecule has 0 aromatic heterocycles. The first-order valence-corrected chi connectivity index (χ1v) is 10.8. The molecule has 0 heterocycles. The number of fused-ring (bicyclic) bond motifs is 5. The van der Waals surface area contributed by atoms with Crippen molar-refractivity contribution in [3.63, 3.8) is 0 Å². The van der Waals surface area contributed by atoms with Gasteiger partial charge in [-0.15, -0.1) is 0 Å². The second-order valence-electron chi connectivity index (χ2n) is 10.5. The number of rotatable bonds is 3. The highest BCUT2D eigenvalue weighted by Crippen LogP contribution is 2.69. The highest BCUT2D eigenvalue weighted by Gasteiger charge is 2.68. The lowest BCUT2D eigenvalue weighted by atomic mass is 9.43. The Labute approximate surface area is 161 Å². The maximum Gasteiger partial charge on any atom is 0.229 e. The minimum absolute atomic E-state index is 0.176. The Morgan fingerprint density at radius 2 is 1.81 bits per heavy atom. The summed E-state index contributed by atoms with van der Waals surface area (Å²) in [5.74, 6) is 0.995. The zero-order valence-corrected chi connectivity index (χ0v) is 16.6. The van der Waals surface area contributed by atoms with Gasteiger partial charge < -0.3 is 15.3 Å². The molecule has 0 aromatic rings. The first-order chi connectivity index (χ1) is 12.6. The van der Waals surface area contributed by atoms with Crippen molar-refractivity contribution in [1.29, 1.82) is 0 Å². The van der Waals surface area contributed by atoms with E-state index >= 15 is 0 Å². The van der Waals surface area contributed by atoms with E-state index in [1.54, 1.807) is 0 Å². The molecule has 0 bridgehead atoms. The van der Waals surface area contributed by atoms with Crippen LogP contribution in [0.5, 0.6) is 0 Å². The predicted molar refractivity (Wildman–Crippen MR) is 101 cm³/mol. The summed E-state index contributed by atoms with van der Waals surface area (Å²) < 4.78 is 0. The number of hydrogen-bond acceptors (Lipinski definition) is 5.